The summed E-state index contributed by atoms with van der Waals surface area (Å²) in [6.45, 7) is 0.865. The molecule has 0 unspecified atom stereocenters. The van der Waals surface area contributed by atoms with E-state index in [9.17, 15) is 35.1 Å². The molecule has 6 atom stereocenters. The van der Waals surface area contributed by atoms with Gasteiger partial charge in [0.1, 0.15) is 24.4 Å². The number of rotatable bonds is 7. The maximum atomic E-state index is 12.5. The molecule has 0 radical (unpaired) electrons. The summed E-state index contributed by atoms with van der Waals surface area (Å²) in [5.74, 6) is -2.63. The van der Waals surface area contributed by atoms with Gasteiger partial charge >= 0.3 is 5.97 Å². The molecule has 156 valence electrons. The third-order valence-corrected chi connectivity index (χ3v) is 4.50. The largest absolute Gasteiger partial charge is 0.504 e. The number of methoxy groups -OCH3 is 1. The third-order valence-electron chi connectivity index (χ3n) is 4.50. The molecule has 1 aromatic rings. The number of phenols is 1. The van der Waals surface area contributed by atoms with Crippen LogP contribution in [-0.4, -0.2) is 81.7 Å². The molecular weight excluding hydrogens is 376 g/mol. The topological polar surface area (TPSA) is 163 Å². The smallest absolute Gasteiger partial charge is 0.306 e. The van der Waals surface area contributed by atoms with E-state index in [0.717, 1.165) is 0 Å². The van der Waals surface area contributed by atoms with E-state index in [1.165, 1.54) is 32.2 Å². The Morgan fingerprint density at radius 1 is 1.18 bits per heavy atom. The van der Waals surface area contributed by atoms with Crippen LogP contribution in [-0.2, 0) is 14.3 Å². The lowest BCUT2D eigenvalue weighted by atomic mass is 9.95. The minimum Gasteiger partial charge on any atom is -0.504 e. The van der Waals surface area contributed by atoms with Crippen molar-refractivity contribution in [2.45, 2.75) is 44.1 Å². The van der Waals surface area contributed by atoms with Crippen molar-refractivity contribution in [3.05, 3.63) is 23.8 Å². The highest BCUT2D eigenvalue weighted by Crippen LogP contribution is 2.34. The van der Waals surface area contributed by atoms with Crippen LogP contribution in [0.15, 0.2) is 18.2 Å². The van der Waals surface area contributed by atoms with Crippen LogP contribution in [0.5, 0.6) is 11.5 Å². The van der Waals surface area contributed by atoms with Crippen molar-refractivity contribution in [3.8, 4) is 11.5 Å². The lowest BCUT2D eigenvalue weighted by Crippen LogP contribution is -2.60. The summed E-state index contributed by atoms with van der Waals surface area (Å²) >= 11 is 0. The molecule has 1 aliphatic rings. The van der Waals surface area contributed by atoms with Crippen molar-refractivity contribution in [2.75, 3.05) is 13.7 Å². The van der Waals surface area contributed by atoms with E-state index < -0.39 is 60.7 Å². The fraction of sp³-hybridized carbons (Fsp3) is 0.556. The molecule has 0 amide bonds. The Bertz CT molecular complexity index is 704. The minimum absolute atomic E-state index is 0.113. The zero-order valence-electron chi connectivity index (χ0n) is 15.4. The fourth-order valence-electron chi connectivity index (χ4n) is 2.80. The number of Topliss-reactive ketones (excluding diaryl/α,β-unsaturated/α-hetero) is 1. The van der Waals surface area contributed by atoms with Crippen molar-refractivity contribution in [3.63, 3.8) is 0 Å². The molecular formula is C18H24O10. The Kier molecular flexibility index (Phi) is 7.33. The average molecular weight is 400 g/mol. The molecule has 1 aromatic carbocycles. The maximum Gasteiger partial charge on any atom is 0.306 e. The van der Waals surface area contributed by atoms with Gasteiger partial charge in [0.25, 0.3) is 0 Å². The van der Waals surface area contributed by atoms with Gasteiger partial charge in [0, 0.05) is 5.92 Å². The van der Waals surface area contributed by atoms with E-state index in [1.807, 2.05) is 0 Å². The second-order valence-electron chi connectivity index (χ2n) is 6.51. The molecule has 28 heavy (non-hydrogen) atoms. The zero-order valence-corrected chi connectivity index (χ0v) is 15.4. The van der Waals surface area contributed by atoms with Gasteiger partial charge in [-0.15, -0.1) is 0 Å². The molecule has 10 heteroatoms. The molecule has 0 bridgehead atoms. The highest BCUT2D eigenvalue weighted by molar-refractivity contribution is 6.02. The second kappa shape index (κ2) is 9.30. The van der Waals surface area contributed by atoms with E-state index in [2.05, 4.69) is 4.74 Å². The summed E-state index contributed by atoms with van der Waals surface area (Å²) in [6.07, 6.45) is -7.75. The molecule has 0 aliphatic carbocycles. The number of aliphatic hydroxyl groups excluding tert-OH is 4. The highest BCUT2D eigenvalue weighted by Gasteiger charge is 2.45. The van der Waals surface area contributed by atoms with Crippen LogP contribution in [0.4, 0.5) is 0 Å². The van der Waals surface area contributed by atoms with Crippen molar-refractivity contribution in [1.82, 2.24) is 0 Å². The number of aromatic hydroxyl groups is 1. The standard InChI is InChI=1S/C18H24O10/c1-8(6-12(20)26-2)13(21)9-4-3-5-10(14(9)22)27-18-17(25)16(24)15(23)11(7-19)28-18/h3-5,8,11,15-19,22-25H,6-7H2,1-2H3/t8-,11+,15+,16-,17+,18+/m0/s1. The van der Waals surface area contributed by atoms with E-state index in [1.54, 1.807) is 0 Å². The first kappa shape index (κ1) is 22.1. The average Bonchev–Trinajstić information content (AvgIpc) is 2.68. The van der Waals surface area contributed by atoms with Crippen molar-refractivity contribution in [2.24, 2.45) is 5.92 Å². The summed E-state index contributed by atoms with van der Waals surface area (Å²) in [5, 5.41) is 49.2. The summed E-state index contributed by atoms with van der Waals surface area (Å²) in [5.41, 5.74) is -0.113. The van der Waals surface area contributed by atoms with Crippen molar-refractivity contribution in [1.29, 1.82) is 0 Å². The third kappa shape index (κ3) is 4.59. The van der Waals surface area contributed by atoms with E-state index >= 15 is 0 Å². The van der Waals surface area contributed by atoms with Crippen LogP contribution in [0.2, 0.25) is 0 Å². The van der Waals surface area contributed by atoms with Gasteiger partial charge in [0.15, 0.2) is 17.3 Å². The molecule has 1 aliphatic heterocycles. The van der Waals surface area contributed by atoms with E-state index in [4.69, 9.17) is 9.47 Å². The number of carbonyl (C=O) groups is 2. The quantitative estimate of drug-likeness (QED) is 0.282. The number of para-hydroxylation sites is 1. The van der Waals surface area contributed by atoms with Gasteiger partial charge in [0.05, 0.1) is 25.7 Å². The van der Waals surface area contributed by atoms with E-state index in [0.29, 0.717) is 0 Å². The van der Waals surface area contributed by atoms with Crippen LogP contribution >= 0.6 is 0 Å². The molecule has 10 nitrogen and oxygen atoms in total. The minimum atomic E-state index is -1.67. The number of carbonyl (C=O) groups excluding carboxylic acids is 2. The van der Waals surface area contributed by atoms with Crippen LogP contribution in [0.1, 0.15) is 23.7 Å². The van der Waals surface area contributed by atoms with Crippen LogP contribution in [0, 0.1) is 5.92 Å². The highest BCUT2D eigenvalue weighted by atomic mass is 16.7. The number of esters is 1. The number of ketones is 1. The molecule has 1 heterocycles. The van der Waals surface area contributed by atoms with Gasteiger partial charge in [-0.1, -0.05) is 13.0 Å². The normalized spacial score (nSPS) is 28.4. The fourth-order valence-corrected chi connectivity index (χ4v) is 2.80. The predicted octanol–water partition coefficient (Wildman–Crippen LogP) is -1.05. The Labute approximate surface area is 160 Å². The number of hydrogen-bond acceptors (Lipinski definition) is 10. The number of benzene rings is 1. The first-order valence-electron chi connectivity index (χ1n) is 8.61. The second-order valence-corrected chi connectivity index (χ2v) is 6.51. The van der Waals surface area contributed by atoms with Crippen molar-refractivity contribution < 1.29 is 49.3 Å². The molecule has 2 rings (SSSR count). The summed E-state index contributed by atoms with van der Waals surface area (Å²) in [7, 11) is 1.20. The number of phenolic OH excluding ortho intramolecular Hbond substituents is 1. The molecule has 1 fully saturated rings. The molecule has 0 aromatic heterocycles. The Morgan fingerprint density at radius 2 is 1.86 bits per heavy atom. The Hall–Kier alpha value is -2.24. The lowest BCUT2D eigenvalue weighted by molar-refractivity contribution is -0.277. The zero-order chi connectivity index (χ0) is 21.0. The monoisotopic (exact) mass is 400 g/mol. The van der Waals surface area contributed by atoms with Gasteiger partial charge in [-0.05, 0) is 12.1 Å². The van der Waals surface area contributed by atoms with Gasteiger partial charge in [-0.2, -0.15) is 0 Å². The maximum absolute atomic E-state index is 12.5. The summed E-state index contributed by atoms with van der Waals surface area (Å²) in [6, 6.07) is 4.06. The predicted molar refractivity (Wildman–Crippen MR) is 92.6 cm³/mol. The molecule has 1 saturated heterocycles. The Balaban J connectivity index is 2.20. The van der Waals surface area contributed by atoms with Crippen LogP contribution < -0.4 is 4.74 Å². The SMILES string of the molecule is COC(=O)C[C@H](C)C(=O)c1cccc(O[C@@H]2O[C@H](CO)[C@@H](O)[C@H](O)[C@H]2O)c1O. The van der Waals surface area contributed by atoms with Crippen LogP contribution in [0.25, 0.3) is 0 Å². The first-order chi connectivity index (χ1) is 13.2. The summed E-state index contributed by atoms with van der Waals surface area (Å²) < 4.78 is 15.1. The van der Waals surface area contributed by atoms with Gasteiger partial charge < -0.3 is 39.7 Å². The molecule has 5 N–H and O–H groups in total. The van der Waals surface area contributed by atoms with E-state index in [-0.39, 0.29) is 17.7 Å². The van der Waals surface area contributed by atoms with Gasteiger partial charge in [-0.25, -0.2) is 0 Å². The van der Waals surface area contributed by atoms with Gasteiger partial charge in [-0.3, -0.25) is 9.59 Å². The van der Waals surface area contributed by atoms with Crippen molar-refractivity contribution >= 4 is 11.8 Å². The lowest BCUT2D eigenvalue weighted by Gasteiger charge is -2.39. The van der Waals surface area contributed by atoms with Gasteiger partial charge in [0.2, 0.25) is 6.29 Å². The first-order valence-corrected chi connectivity index (χ1v) is 8.61. The summed E-state index contributed by atoms with van der Waals surface area (Å²) in [4.78, 5) is 23.9. The number of ether oxygens (including phenoxy) is 3. The van der Waals surface area contributed by atoms with Crippen LogP contribution in [0.3, 0.4) is 0 Å². The molecule has 0 spiro atoms. The number of hydrogen-bond donors (Lipinski definition) is 5. The Morgan fingerprint density at radius 3 is 2.46 bits per heavy atom. The molecule has 0 saturated carbocycles. The number of aliphatic hydroxyl groups is 4.